The Bertz CT molecular complexity index is 137. The zero-order chi connectivity index (χ0) is 9.44. The number of thiol groups is 1. The lowest BCUT2D eigenvalue weighted by Crippen LogP contribution is -2.31. The minimum Gasteiger partial charge on any atom is -0.481 e. The second-order valence-corrected chi connectivity index (χ2v) is 2.01. The van der Waals surface area contributed by atoms with Crippen LogP contribution < -0.4 is 11.9 Å². The normalized spacial score (nSPS) is 9.92. The van der Waals surface area contributed by atoms with E-state index in [1.807, 2.05) is 0 Å². The molecule has 6 nitrogen and oxygen atoms in total. The van der Waals surface area contributed by atoms with Gasteiger partial charge in [0.2, 0.25) is 0 Å². The van der Waals surface area contributed by atoms with Crippen molar-refractivity contribution < 1.29 is 19.8 Å². The van der Waals surface area contributed by atoms with E-state index in [9.17, 15) is 4.79 Å². The Morgan fingerprint density at radius 3 is 1.75 bits per heavy atom. The summed E-state index contributed by atoms with van der Waals surface area (Å²) in [6.45, 7) is 1.08. The molecule has 0 aliphatic rings. The Morgan fingerprint density at radius 2 is 1.75 bits per heavy atom. The molecule has 74 valence electrons. The zero-order valence-corrected chi connectivity index (χ0v) is 7.62. The second-order valence-electron chi connectivity index (χ2n) is 1.65. The first-order chi connectivity index (χ1) is 4.91. The van der Waals surface area contributed by atoms with Gasteiger partial charge in [-0.1, -0.05) is 0 Å². The van der Waals surface area contributed by atoms with Crippen LogP contribution in [0.5, 0.6) is 0 Å². The highest BCUT2D eigenvalue weighted by molar-refractivity contribution is 7.80. The van der Waals surface area contributed by atoms with Gasteiger partial charge in [-0.3, -0.25) is 9.59 Å². The molecule has 0 rings (SSSR count). The summed E-state index contributed by atoms with van der Waals surface area (Å²) in [7, 11) is 0. The van der Waals surface area contributed by atoms with Crippen LogP contribution in [0.15, 0.2) is 0 Å². The maximum atomic E-state index is 9.76. The smallest absolute Gasteiger partial charge is 0.321 e. The molecular formula is C5H14N2O4S. The minimum atomic E-state index is -1.00. The van der Waals surface area contributed by atoms with Gasteiger partial charge in [0.25, 0.3) is 5.97 Å². The third-order valence-electron chi connectivity index (χ3n) is 0.514. The minimum absolute atomic E-state index is 0. The van der Waals surface area contributed by atoms with E-state index in [0.717, 1.165) is 6.92 Å². The van der Waals surface area contributed by atoms with Gasteiger partial charge < -0.3 is 22.1 Å². The largest absolute Gasteiger partial charge is 0.481 e. The van der Waals surface area contributed by atoms with Gasteiger partial charge in [0.1, 0.15) is 6.04 Å². The number of carboxylic acid groups (broad SMARTS) is 2. The fourth-order valence-electron chi connectivity index (χ4n) is 0.0781. The van der Waals surface area contributed by atoms with E-state index in [2.05, 4.69) is 12.6 Å². The summed E-state index contributed by atoms with van der Waals surface area (Å²) in [5.74, 6) is -1.65. The average Bonchev–Trinajstić information content (AvgIpc) is 1.85. The molecule has 0 amide bonds. The molecule has 0 spiro atoms. The highest BCUT2D eigenvalue weighted by Crippen LogP contribution is 1.80. The van der Waals surface area contributed by atoms with Crippen LogP contribution in [0.25, 0.3) is 0 Å². The lowest BCUT2D eigenvalue weighted by atomic mass is 10.4. The number of rotatable bonds is 2. The molecule has 0 bridgehead atoms. The number of carbonyl (C=O) groups is 2. The van der Waals surface area contributed by atoms with Gasteiger partial charge >= 0.3 is 5.97 Å². The number of hydrogen-bond acceptors (Lipinski definition) is 5. The number of aliphatic carboxylic acids is 2. The maximum Gasteiger partial charge on any atom is 0.321 e. The van der Waals surface area contributed by atoms with Crippen molar-refractivity contribution in [3.63, 3.8) is 0 Å². The molecule has 0 aromatic heterocycles. The van der Waals surface area contributed by atoms with E-state index in [0.29, 0.717) is 0 Å². The topological polar surface area (TPSA) is 136 Å². The SMILES string of the molecule is CC(=O)O.N.N[C@@H](CS)C(=O)O. The van der Waals surface area contributed by atoms with Crippen LogP contribution in [0.3, 0.4) is 0 Å². The first-order valence-electron chi connectivity index (χ1n) is 2.70. The predicted molar refractivity (Wildman–Crippen MR) is 47.8 cm³/mol. The van der Waals surface area contributed by atoms with Crippen molar-refractivity contribution >= 4 is 24.6 Å². The van der Waals surface area contributed by atoms with Gasteiger partial charge in [-0.15, -0.1) is 0 Å². The molecule has 0 unspecified atom stereocenters. The molecule has 1 atom stereocenters. The van der Waals surface area contributed by atoms with E-state index in [1.54, 1.807) is 0 Å². The molecule has 0 saturated carbocycles. The first kappa shape index (κ1) is 17.3. The summed E-state index contributed by atoms with van der Waals surface area (Å²) in [5, 5.41) is 15.4. The van der Waals surface area contributed by atoms with Gasteiger partial charge in [0.05, 0.1) is 0 Å². The molecule has 0 aromatic rings. The standard InChI is InChI=1S/C3H7NO2S.C2H4O2.H3N/c4-2(1-7)3(5)6;1-2(3)4;/h2,7H,1,4H2,(H,5,6);1H3,(H,3,4);1H3/t2-;;/m0../s1. The van der Waals surface area contributed by atoms with Crippen LogP contribution in [0.2, 0.25) is 0 Å². The van der Waals surface area contributed by atoms with Crippen molar-refractivity contribution in [3.05, 3.63) is 0 Å². The van der Waals surface area contributed by atoms with E-state index < -0.39 is 18.0 Å². The van der Waals surface area contributed by atoms with Crippen LogP contribution >= 0.6 is 12.6 Å². The van der Waals surface area contributed by atoms with Crippen molar-refractivity contribution in [2.45, 2.75) is 13.0 Å². The summed E-state index contributed by atoms with van der Waals surface area (Å²) in [4.78, 5) is 18.8. The van der Waals surface area contributed by atoms with E-state index >= 15 is 0 Å². The highest BCUT2D eigenvalue weighted by Gasteiger charge is 2.06. The van der Waals surface area contributed by atoms with Crippen LogP contribution in [0, 0.1) is 0 Å². The molecule has 0 aliphatic heterocycles. The molecular weight excluding hydrogens is 184 g/mol. The van der Waals surface area contributed by atoms with Gasteiger partial charge in [-0.05, 0) is 0 Å². The molecule has 7 N–H and O–H groups in total. The molecule has 0 aliphatic carbocycles. The Balaban J connectivity index is -0.000000142. The molecule has 0 heterocycles. The summed E-state index contributed by atoms with van der Waals surface area (Å²) >= 11 is 3.65. The van der Waals surface area contributed by atoms with Crippen molar-refractivity contribution in [1.82, 2.24) is 6.15 Å². The Labute approximate surface area is 75.7 Å². The van der Waals surface area contributed by atoms with Gasteiger partial charge in [0.15, 0.2) is 0 Å². The third kappa shape index (κ3) is 22.9. The quantitative estimate of drug-likeness (QED) is 0.382. The van der Waals surface area contributed by atoms with Crippen molar-refractivity contribution in [2.75, 3.05) is 5.75 Å². The molecule has 12 heavy (non-hydrogen) atoms. The Kier molecular flexibility index (Phi) is 14.8. The van der Waals surface area contributed by atoms with Crippen molar-refractivity contribution in [1.29, 1.82) is 0 Å². The van der Waals surface area contributed by atoms with E-state index in [4.69, 9.17) is 20.7 Å². The van der Waals surface area contributed by atoms with Crippen molar-refractivity contribution in [3.8, 4) is 0 Å². The summed E-state index contributed by atoms with van der Waals surface area (Å²) in [5.41, 5.74) is 4.94. The van der Waals surface area contributed by atoms with Crippen LogP contribution in [-0.2, 0) is 9.59 Å². The third-order valence-corrected chi connectivity index (χ3v) is 0.907. The number of nitrogens with two attached hydrogens (primary N) is 1. The number of carboxylic acids is 2. The molecule has 7 heteroatoms. The van der Waals surface area contributed by atoms with Crippen molar-refractivity contribution in [2.24, 2.45) is 5.73 Å². The highest BCUT2D eigenvalue weighted by atomic mass is 32.1. The Morgan fingerprint density at radius 1 is 1.50 bits per heavy atom. The zero-order valence-electron chi connectivity index (χ0n) is 6.73. The van der Waals surface area contributed by atoms with Crippen LogP contribution in [-0.4, -0.2) is 33.9 Å². The lowest BCUT2D eigenvalue weighted by molar-refractivity contribution is -0.138. The van der Waals surface area contributed by atoms with Gasteiger partial charge in [-0.2, -0.15) is 12.6 Å². The fraction of sp³-hybridized carbons (Fsp3) is 0.600. The predicted octanol–water partition coefficient (Wildman–Crippen LogP) is -0.419. The van der Waals surface area contributed by atoms with Gasteiger partial charge in [0, 0.05) is 12.7 Å². The van der Waals surface area contributed by atoms with Crippen LogP contribution in [0.1, 0.15) is 6.92 Å². The summed E-state index contributed by atoms with van der Waals surface area (Å²) < 4.78 is 0. The van der Waals surface area contributed by atoms with Crippen LogP contribution in [0.4, 0.5) is 0 Å². The van der Waals surface area contributed by atoms with Gasteiger partial charge in [-0.25, -0.2) is 0 Å². The number of hydrogen-bond donors (Lipinski definition) is 5. The second kappa shape index (κ2) is 10.2. The first-order valence-corrected chi connectivity index (χ1v) is 3.33. The molecule has 0 aromatic carbocycles. The monoisotopic (exact) mass is 198 g/mol. The summed E-state index contributed by atoms with van der Waals surface area (Å²) in [6, 6.07) is -0.816. The summed E-state index contributed by atoms with van der Waals surface area (Å²) in [6.07, 6.45) is 0. The average molecular weight is 198 g/mol. The maximum absolute atomic E-state index is 9.76. The lowest BCUT2D eigenvalue weighted by Gasteiger charge is -1.96. The van der Waals surface area contributed by atoms with E-state index in [-0.39, 0.29) is 11.9 Å². The Hall–Kier alpha value is -0.790. The molecule has 0 saturated heterocycles. The fourth-order valence-corrected chi connectivity index (χ4v) is 0.234. The molecule has 0 radical (unpaired) electrons. The molecule has 0 fully saturated rings. The van der Waals surface area contributed by atoms with E-state index in [1.165, 1.54) is 0 Å².